The predicted molar refractivity (Wildman–Crippen MR) is 93.1 cm³/mol. The summed E-state index contributed by atoms with van der Waals surface area (Å²) in [6.07, 6.45) is 0.295. The lowest BCUT2D eigenvalue weighted by atomic mass is 10.1. The third kappa shape index (κ3) is 3.62. The number of carbonyl (C=O) groups excluding carboxylic acids is 1. The lowest BCUT2D eigenvalue weighted by Crippen LogP contribution is -2.40. The lowest BCUT2D eigenvalue weighted by Gasteiger charge is -2.23. The number of hydrogen-bond donors (Lipinski definition) is 1. The second-order valence-corrected chi connectivity index (χ2v) is 6.28. The van der Waals surface area contributed by atoms with Gasteiger partial charge in [-0.1, -0.05) is 0 Å². The zero-order chi connectivity index (χ0) is 18.0. The average Bonchev–Trinajstić information content (AvgIpc) is 2.80. The fourth-order valence-corrected chi connectivity index (χ4v) is 2.61. The summed E-state index contributed by atoms with van der Waals surface area (Å²) in [4.78, 5) is 23.1. The van der Waals surface area contributed by atoms with Crippen LogP contribution >= 0.6 is 0 Å². The SMILES string of the molecule is Cc1cc(C)nc(-n2nc(C)c(CC(=O)N(C)C(C)CN)c2C)n1. The molecule has 0 radical (unpaired) electrons. The van der Waals surface area contributed by atoms with E-state index in [1.54, 1.807) is 16.6 Å². The van der Waals surface area contributed by atoms with Crippen LogP contribution in [0.25, 0.3) is 5.95 Å². The van der Waals surface area contributed by atoms with Crippen molar-refractivity contribution in [1.82, 2.24) is 24.6 Å². The van der Waals surface area contributed by atoms with E-state index in [0.29, 0.717) is 18.9 Å². The Hall–Kier alpha value is -2.28. The van der Waals surface area contributed by atoms with Gasteiger partial charge in [0.2, 0.25) is 5.91 Å². The van der Waals surface area contributed by atoms with E-state index in [1.165, 1.54) is 0 Å². The Kier molecular flexibility index (Phi) is 5.33. The molecule has 0 spiro atoms. The monoisotopic (exact) mass is 330 g/mol. The van der Waals surface area contributed by atoms with Gasteiger partial charge < -0.3 is 10.6 Å². The van der Waals surface area contributed by atoms with E-state index < -0.39 is 0 Å². The number of likely N-dealkylation sites (N-methyl/N-ethyl adjacent to an activating group) is 1. The molecule has 1 atom stereocenters. The van der Waals surface area contributed by atoms with Gasteiger partial charge >= 0.3 is 0 Å². The summed E-state index contributed by atoms with van der Waals surface area (Å²) in [6, 6.07) is 1.93. The van der Waals surface area contributed by atoms with Crippen LogP contribution in [0.4, 0.5) is 0 Å². The molecule has 0 saturated carbocycles. The summed E-state index contributed by atoms with van der Waals surface area (Å²) in [6.45, 7) is 10.1. The second kappa shape index (κ2) is 7.09. The second-order valence-electron chi connectivity index (χ2n) is 6.28. The van der Waals surface area contributed by atoms with E-state index in [9.17, 15) is 4.79 Å². The van der Waals surface area contributed by atoms with Crippen LogP contribution < -0.4 is 5.73 Å². The maximum atomic E-state index is 12.5. The van der Waals surface area contributed by atoms with Crippen molar-refractivity contribution in [3.8, 4) is 5.95 Å². The van der Waals surface area contributed by atoms with Gasteiger partial charge in [-0.2, -0.15) is 5.10 Å². The molecule has 2 aromatic heterocycles. The Balaban J connectivity index is 2.34. The molecule has 0 fully saturated rings. The van der Waals surface area contributed by atoms with Crippen LogP contribution in [0.1, 0.15) is 35.3 Å². The number of hydrogen-bond acceptors (Lipinski definition) is 5. The maximum absolute atomic E-state index is 12.5. The standard InChI is InChI=1S/C17H26N6O/c1-10-7-11(2)20-17(19-10)23-14(5)15(13(4)21-23)8-16(24)22(6)12(3)9-18/h7,12H,8-9,18H2,1-6H3. The van der Waals surface area contributed by atoms with Gasteiger partial charge in [0.15, 0.2) is 0 Å². The van der Waals surface area contributed by atoms with Crippen LogP contribution in [0, 0.1) is 27.7 Å². The van der Waals surface area contributed by atoms with Crippen molar-refractivity contribution in [3.63, 3.8) is 0 Å². The molecule has 0 aromatic carbocycles. The maximum Gasteiger partial charge on any atom is 0.251 e. The topological polar surface area (TPSA) is 89.9 Å². The molecule has 2 rings (SSSR count). The van der Waals surface area contributed by atoms with Crippen LogP contribution in [-0.4, -0.2) is 50.2 Å². The molecule has 1 unspecified atom stereocenters. The molecule has 1 amide bonds. The van der Waals surface area contributed by atoms with Gasteiger partial charge in [0.05, 0.1) is 12.1 Å². The molecule has 2 N–H and O–H groups in total. The molecule has 0 aliphatic rings. The van der Waals surface area contributed by atoms with Gasteiger partial charge in [0, 0.05) is 42.3 Å². The summed E-state index contributed by atoms with van der Waals surface area (Å²) < 4.78 is 1.71. The van der Waals surface area contributed by atoms with E-state index in [2.05, 4.69) is 15.1 Å². The van der Waals surface area contributed by atoms with Crippen molar-refractivity contribution >= 4 is 5.91 Å². The molecular formula is C17H26N6O. The summed E-state index contributed by atoms with van der Waals surface area (Å²) in [7, 11) is 1.78. The number of rotatable bonds is 5. The molecule has 0 aliphatic carbocycles. The normalized spacial score (nSPS) is 12.3. The fraction of sp³-hybridized carbons (Fsp3) is 0.529. The molecule has 7 nitrogen and oxygen atoms in total. The highest BCUT2D eigenvalue weighted by Crippen LogP contribution is 2.18. The first kappa shape index (κ1) is 18.1. The molecule has 24 heavy (non-hydrogen) atoms. The van der Waals surface area contributed by atoms with Gasteiger partial charge in [-0.25, -0.2) is 14.6 Å². The van der Waals surface area contributed by atoms with Crippen molar-refractivity contribution in [2.45, 2.75) is 47.1 Å². The van der Waals surface area contributed by atoms with Gasteiger partial charge in [-0.15, -0.1) is 0 Å². The third-order valence-corrected chi connectivity index (χ3v) is 4.32. The van der Waals surface area contributed by atoms with E-state index in [4.69, 9.17) is 5.73 Å². The molecule has 0 bridgehead atoms. The van der Waals surface area contributed by atoms with Crippen molar-refractivity contribution in [2.24, 2.45) is 5.73 Å². The third-order valence-electron chi connectivity index (χ3n) is 4.32. The molecule has 7 heteroatoms. The van der Waals surface area contributed by atoms with Gasteiger partial charge in [0.25, 0.3) is 5.95 Å². The zero-order valence-electron chi connectivity index (χ0n) is 15.3. The van der Waals surface area contributed by atoms with E-state index >= 15 is 0 Å². The van der Waals surface area contributed by atoms with Crippen molar-refractivity contribution < 1.29 is 4.79 Å². The highest BCUT2D eigenvalue weighted by Gasteiger charge is 2.21. The zero-order valence-corrected chi connectivity index (χ0v) is 15.3. The van der Waals surface area contributed by atoms with Crippen LogP contribution in [0.15, 0.2) is 6.07 Å². The van der Waals surface area contributed by atoms with E-state index in [0.717, 1.165) is 28.3 Å². The number of aryl methyl sites for hydroxylation is 3. The van der Waals surface area contributed by atoms with Gasteiger partial charge in [0.1, 0.15) is 0 Å². The van der Waals surface area contributed by atoms with Gasteiger partial charge in [-0.05, 0) is 40.7 Å². The minimum absolute atomic E-state index is 0.0101. The predicted octanol–water partition coefficient (Wildman–Crippen LogP) is 1.24. The first-order valence-electron chi connectivity index (χ1n) is 8.08. The van der Waals surface area contributed by atoms with Crippen molar-refractivity contribution in [3.05, 3.63) is 34.4 Å². The Labute approximate surface area is 142 Å². The number of nitrogens with zero attached hydrogens (tertiary/aromatic N) is 5. The molecule has 0 aliphatic heterocycles. The number of nitrogens with two attached hydrogens (primary N) is 1. The van der Waals surface area contributed by atoms with Crippen LogP contribution in [0.3, 0.4) is 0 Å². The smallest absolute Gasteiger partial charge is 0.251 e. The van der Waals surface area contributed by atoms with E-state index in [-0.39, 0.29) is 11.9 Å². The Morgan fingerprint density at radius 3 is 2.38 bits per heavy atom. The molecule has 2 heterocycles. The van der Waals surface area contributed by atoms with Crippen LogP contribution in [-0.2, 0) is 11.2 Å². The van der Waals surface area contributed by atoms with Crippen molar-refractivity contribution in [2.75, 3.05) is 13.6 Å². The highest BCUT2D eigenvalue weighted by atomic mass is 16.2. The minimum atomic E-state index is 0.0101. The Bertz CT molecular complexity index is 732. The number of carbonyl (C=O) groups is 1. The summed E-state index contributed by atoms with van der Waals surface area (Å²) in [5.74, 6) is 0.565. The summed E-state index contributed by atoms with van der Waals surface area (Å²) in [5.41, 5.74) is 10.0. The summed E-state index contributed by atoms with van der Waals surface area (Å²) in [5, 5.41) is 4.54. The van der Waals surface area contributed by atoms with Crippen LogP contribution in [0.2, 0.25) is 0 Å². The number of amides is 1. The molecule has 130 valence electrons. The van der Waals surface area contributed by atoms with Crippen molar-refractivity contribution in [1.29, 1.82) is 0 Å². The average molecular weight is 330 g/mol. The first-order chi connectivity index (χ1) is 11.2. The Morgan fingerprint density at radius 1 is 1.25 bits per heavy atom. The van der Waals surface area contributed by atoms with Gasteiger partial charge in [-0.3, -0.25) is 4.79 Å². The quantitative estimate of drug-likeness (QED) is 0.891. The minimum Gasteiger partial charge on any atom is -0.341 e. The largest absolute Gasteiger partial charge is 0.341 e. The molecule has 0 saturated heterocycles. The first-order valence-corrected chi connectivity index (χ1v) is 8.08. The lowest BCUT2D eigenvalue weighted by molar-refractivity contribution is -0.130. The number of aromatic nitrogens is 4. The molecule has 2 aromatic rings. The fourth-order valence-electron chi connectivity index (χ4n) is 2.61. The van der Waals surface area contributed by atoms with E-state index in [1.807, 2.05) is 40.7 Å². The summed E-state index contributed by atoms with van der Waals surface area (Å²) >= 11 is 0. The Morgan fingerprint density at radius 2 is 1.83 bits per heavy atom. The highest BCUT2D eigenvalue weighted by molar-refractivity contribution is 5.79. The van der Waals surface area contributed by atoms with Crippen LogP contribution in [0.5, 0.6) is 0 Å². The molecular weight excluding hydrogens is 304 g/mol.